The molecule has 1 N–H and O–H groups in total. The molecule has 2 rings (SSSR count). The molecule has 0 aliphatic carbocycles. The standard InChI is InChI=1S/C17H16ClFN2O3/c1-21(2)15(22)10-24-14-9-4-3-6-11(14)17(23)20-13-8-5-7-12(18)16(13)19/h3-9H,10H2,1-2H3,(H,20,23). The molecule has 0 aliphatic rings. The number of carbonyl (C=O) groups excluding carboxylic acids is 2. The van der Waals surface area contributed by atoms with Crippen LogP contribution in [0.3, 0.4) is 0 Å². The summed E-state index contributed by atoms with van der Waals surface area (Å²) in [7, 11) is 3.21. The molecule has 0 fully saturated rings. The van der Waals surface area contributed by atoms with Crippen LogP contribution in [0.4, 0.5) is 10.1 Å². The Morgan fingerprint density at radius 3 is 2.58 bits per heavy atom. The first kappa shape index (κ1) is 17.7. The summed E-state index contributed by atoms with van der Waals surface area (Å²) < 4.78 is 19.3. The fourth-order valence-electron chi connectivity index (χ4n) is 1.84. The van der Waals surface area contributed by atoms with E-state index in [2.05, 4.69) is 5.32 Å². The van der Waals surface area contributed by atoms with Gasteiger partial charge in [0.25, 0.3) is 11.8 Å². The molecule has 2 aromatic rings. The molecular weight excluding hydrogens is 335 g/mol. The molecule has 0 aromatic heterocycles. The van der Waals surface area contributed by atoms with Gasteiger partial charge in [-0.15, -0.1) is 0 Å². The van der Waals surface area contributed by atoms with Crippen molar-refractivity contribution in [3.05, 3.63) is 58.9 Å². The third kappa shape index (κ3) is 4.23. The minimum absolute atomic E-state index is 0.0355. The lowest BCUT2D eigenvalue weighted by molar-refractivity contribution is -0.130. The zero-order valence-electron chi connectivity index (χ0n) is 13.2. The van der Waals surface area contributed by atoms with Crippen LogP contribution in [0.15, 0.2) is 42.5 Å². The molecule has 0 bridgehead atoms. The van der Waals surface area contributed by atoms with Crippen molar-refractivity contribution in [3.63, 3.8) is 0 Å². The Balaban J connectivity index is 2.18. The van der Waals surface area contributed by atoms with Crippen LogP contribution >= 0.6 is 11.6 Å². The Labute approximate surface area is 144 Å². The number of hydrogen-bond donors (Lipinski definition) is 1. The zero-order chi connectivity index (χ0) is 17.7. The van der Waals surface area contributed by atoms with E-state index < -0.39 is 11.7 Å². The number of nitrogens with zero attached hydrogens (tertiary/aromatic N) is 1. The van der Waals surface area contributed by atoms with Crippen LogP contribution in [0.25, 0.3) is 0 Å². The van der Waals surface area contributed by atoms with Crippen molar-refractivity contribution in [2.45, 2.75) is 0 Å². The number of ether oxygens (including phenoxy) is 1. The highest BCUT2D eigenvalue weighted by atomic mass is 35.5. The van der Waals surface area contributed by atoms with E-state index in [4.69, 9.17) is 16.3 Å². The van der Waals surface area contributed by atoms with Gasteiger partial charge in [-0.1, -0.05) is 29.8 Å². The van der Waals surface area contributed by atoms with Gasteiger partial charge in [0, 0.05) is 14.1 Å². The van der Waals surface area contributed by atoms with E-state index in [0.29, 0.717) is 0 Å². The number of carbonyl (C=O) groups is 2. The van der Waals surface area contributed by atoms with Crippen LogP contribution in [0, 0.1) is 5.82 Å². The number of amides is 2. The molecule has 24 heavy (non-hydrogen) atoms. The normalized spacial score (nSPS) is 10.2. The molecule has 0 unspecified atom stereocenters. The number of benzene rings is 2. The summed E-state index contributed by atoms with van der Waals surface area (Å²) in [5.74, 6) is -1.29. The van der Waals surface area contributed by atoms with Gasteiger partial charge >= 0.3 is 0 Å². The van der Waals surface area contributed by atoms with Gasteiger partial charge in [0.2, 0.25) is 0 Å². The van der Waals surface area contributed by atoms with E-state index in [1.54, 1.807) is 32.3 Å². The Bertz CT molecular complexity index is 765. The first-order valence-corrected chi connectivity index (χ1v) is 7.45. The van der Waals surface area contributed by atoms with Gasteiger partial charge in [0.15, 0.2) is 12.4 Å². The average Bonchev–Trinajstić information content (AvgIpc) is 2.56. The van der Waals surface area contributed by atoms with E-state index in [1.807, 2.05) is 0 Å². The second-order valence-electron chi connectivity index (χ2n) is 5.13. The van der Waals surface area contributed by atoms with Crippen LogP contribution in [0.2, 0.25) is 5.02 Å². The number of halogens is 2. The topological polar surface area (TPSA) is 58.6 Å². The SMILES string of the molecule is CN(C)C(=O)COc1ccccc1C(=O)Nc1cccc(Cl)c1F. The number of para-hydroxylation sites is 1. The molecule has 5 nitrogen and oxygen atoms in total. The minimum atomic E-state index is -0.714. The highest BCUT2D eigenvalue weighted by Crippen LogP contribution is 2.24. The Hall–Kier alpha value is -2.60. The number of hydrogen-bond acceptors (Lipinski definition) is 3. The van der Waals surface area contributed by atoms with E-state index >= 15 is 0 Å². The Morgan fingerprint density at radius 1 is 1.17 bits per heavy atom. The molecular formula is C17H16ClFN2O3. The van der Waals surface area contributed by atoms with E-state index in [1.165, 1.54) is 29.2 Å². The van der Waals surface area contributed by atoms with Crippen molar-refractivity contribution < 1.29 is 18.7 Å². The van der Waals surface area contributed by atoms with E-state index in [-0.39, 0.29) is 34.5 Å². The summed E-state index contributed by atoms with van der Waals surface area (Å²) >= 11 is 5.70. The highest BCUT2D eigenvalue weighted by Gasteiger charge is 2.16. The first-order chi connectivity index (χ1) is 11.4. The molecule has 2 amide bonds. The number of likely N-dealkylation sites (N-methyl/N-ethyl adjacent to an activating group) is 1. The maximum absolute atomic E-state index is 13.9. The molecule has 0 aliphatic heterocycles. The lowest BCUT2D eigenvalue weighted by Gasteiger charge is -2.14. The highest BCUT2D eigenvalue weighted by molar-refractivity contribution is 6.31. The molecule has 126 valence electrons. The fourth-order valence-corrected chi connectivity index (χ4v) is 2.01. The fraction of sp³-hybridized carbons (Fsp3) is 0.176. The van der Waals surface area contributed by atoms with Gasteiger partial charge in [-0.2, -0.15) is 0 Å². The summed E-state index contributed by atoms with van der Waals surface area (Å²) in [6, 6.07) is 10.7. The second kappa shape index (κ2) is 7.79. The number of anilines is 1. The first-order valence-electron chi connectivity index (χ1n) is 7.07. The minimum Gasteiger partial charge on any atom is -0.483 e. The molecule has 7 heteroatoms. The van der Waals surface area contributed by atoms with Gasteiger partial charge in [-0.25, -0.2) is 4.39 Å². The maximum Gasteiger partial charge on any atom is 0.259 e. The maximum atomic E-state index is 13.9. The zero-order valence-corrected chi connectivity index (χ0v) is 13.9. The van der Waals surface area contributed by atoms with Crippen LogP contribution in [-0.4, -0.2) is 37.4 Å². The average molecular weight is 351 g/mol. The molecule has 0 saturated carbocycles. The molecule has 0 atom stereocenters. The molecule has 0 saturated heterocycles. The molecule has 0 radical (unpaired) electrons. The summed E-state index contributed by atoms with van der Waals surface area (Å²) in [5.41, 5.74) is 0.148. The lowest BCUT2D eigenvalue weighted by Crippen LogP contribution is -2.28. The lowest BCUT2D eigenvalue weighted by atomic mass is 10.2. The third-order valence-corrected chi connectivity index (χ3v) is 3.47. The van der Waals surface area contributed by atoms with Crippen molar-refractivity contribution in [2.75, 3.05) is 26.0 Å². The monoisotopic (exact) mass is 350 g/mol. The van der Waals surface area contributed by atoms with Gasteiger partial charge in [0.05, 0.1) is 16.3 Å². The van der Waals surface area contributed by atoms with Crippen molar-refractivity contribution >= 4 is 29.1 Å². The predicted octanol–water partition coefficient (Wildman–Crippen LogP) is 3.20. The number of nitrogens with one attached hydrogen (secondary N) is 1. The van der Waals surface area contributed by atoms with Crippen molar-refractivity contribution in [2.24, 2.45) is 0 Å². The second-order valence-corrected chi connectivity index (χ2v) is 5.54. The van der Waals surface area contributed by atoms with Crippen LogP contribution in [-0.2, 0) is 4.79 Å². The van der Waals surface area contributed by atoms with Crippen LogP contribution in [0.5, 0.6) is 5.75 Å². The summed E-state index contributed by atoms with van der Waals surface area (Å²) in [6.07, 6.45) is 0. The number of rotatable bonds is 5. The third-order valence-electron chi connectivity index (χ3n) is 3.18. The Kier molecular flexibility index (Phi) is 5.76. The molecule has 0 heterocycles. The van der Waals surface area contributed by atoms with Crippen molar-refractivity contribution in [1.29, 1.82) is 0 Å². The predicted molar refractivity (Wildman–Crippen MR) is 90.0 cm³/mol. The largest absolute Gasteiger partial charge is 0.483 e. The Morgan fingerprint density at radius 2 is 1.88 bits per heavy atom. The van der Waals surface area contributed by atoms with Crippen LogP contribution in [0.1, 0.15) is 10.4 Å². The van der Waals surface area contributed by atoms with Gasteiger partial charge in [-0.3, -0.25) is 9.59 Å². The van der Waals surface area contributed by atoms with E-state index in [9.17, 15) is 14.0 Å². The molecule has 2 aromatic carbocycles. The van der Waals surface area contributed by atoms with Crippen molar-refractivity contribution in [1.82, 2.24) is 4.90 Å². The smallest absolute Gasteiger partial charge is 0.259 e. The summed E-state index contributed by atoms with van der Waals surface area (Å²) in [4.78, 5) is 25.4. The quantitative estimate of drug-likeness (QED) is 0.900. The summed E-state index contributed by atoms with van der Waals surface area (Å²) in [5, 5.41) is 2.36. The summed E-state index contributed by atoms with van der Waals surface area (Å²) in [6.45, 7) is -0.206. The van der Waals surface area contributed by atoms with Crippen LogP contribution < -0.4 is 10.1 Å². The van der Waals surface area contributed by atoms with Gasteiger partial charge < -0.3 is 15.0 Å². The van der Waals surface area contributed by atoms with Gasteiger partial charge in [0.1, 0.15) is 5.75 Å². The van der Waals surface area contributed by atoms with Gasteiger partial charge in [-0.05, 0) is 24.3 Å². The molecule has 0 spiro atoms. The van der Waals surface area contributed by atoms with E-state index in [0.717, 1.165) is 0 Å². The van der Waals surface area contributed by atoms with Crippen molar-refractivity contribution in [3.8, 4) is 5.75 Å².